The van der Waals surface area contributed by atoms with E-state index in [0.717, 1.165) is 47.9 Å². The minimum absolute atomic E-state index is 0.0812. The predicted molar refractivity (Wildman–Crippen MR) is 126 cm³/mol. The maximum Gasteiger partial charge on any atom is 0.407 e. The number of amides is 1. The number of aliphatic carboxylic acids is 1. The van der Waals surface area contributed by atoms with Crippen molar-refractivity contribution >= 4 is 17.8 Å². The van der Waals surface area contributed by atoms with E-state index in [1.807, 2.05) is 36.4 Å². The van der Waals surface area contributed by atoms with Crippen LogP contribution in [0.15, 0.2) is 48.5 Å². The number of carboxylic acid groups (broad SMARTS) is 1. The van der Waals surface area contributed by atoms with Crippen LogP contribution in [-0.2, 0) is 14.3 Å². The average Bonchev–Trinajstić information content (AvgIpc) is 3.13. The summed E-state index contributed by atoms with van der Waals surface area (Å²) in [5.74, 6) is -1.72. The highest BCUT2D eigenvalue weighted by Gasteiger charge is 2.30. The molecule has 2 aromatic rings. The molecule has 0 aliphatic heterocycles. The number of alkyl carbamates (subject to hydrolysis) is 1. The van der Waals surface area contributed by atoms with E-state index >= 15 is 0 Å². The Morgan fingerprint density at radius 1 is 1.00 bits per heavy atom. The second-order valence-corrected chi connectivity index (χ2v) is 8.49. The van der Waals surface area contributed by atoms with Gasteiger partial charge in [-0.05, 0) is 28.7 Å². The molecule has 3 rings (SSSR count). The fourth-order valence-electron chi connectivity index (χ4n) is 4.32. The molecule has 33 heavy (non-hydrogen) atoms. The molecule has 176 valence electrons. The van der Waals surface area contributed by atoms with Crippen molar-refractivity contribution < 1.29 is 24.2 Å². The molecule has 1 aliphatic carbocycles. The highest BCUT2D eigenvalue weighted by molar-refractivity contribution is 5.91. The van der Waals surface area contributed by atoms with Crippen LogP contribution >= 0.6 is 0 Å². The fourth-order valence-corrected chi connectivity index (χ4v) is 4.32. The number of hydrogen-bond donors (Lipinski definition) is 3. The van der Waals surface area contributed by atoms with Crippen LogP contribution in [0, 0.1) is 0 Å². The fraction of sp³-hybridized carbons (Fsp3) is 0.423. The number of nitrogens with one attached hydrogen (secondary N) is 1. The Morgan fingerprint density at radius 2 is 1.61 bits per heavy atom. The molecule has 0 aromatic heterocycles. The van der Waals surface area contributed by atoms with Crippen molar-refractivity contribution in [3.63, 3.8) is 0 Å². The number of carbonyl (C=O) groups is 3. The van der Waals surface area contributed by atoms with Crippen molar-refractivity contribution in [3.8, 4) is 11.1 Å². The van der Waals surface area contributed by atoms with Crippen molar-refractivity contribution in [3.05, 3.63) is 59.7 Å². The lowest BCUT2D eigenvalue weighted by Crippen LogP contribution is -2.44. The van der Waals surface area contributed by atoms with Gasteiger partial charge < -0.3 is 20.9 Å². The lowest BCUT2D eigenvalue weighted by molar-refractivity contribution is -0.140. The number of benzene rings is 2. The number of Topliss-reactive ketones (excluding diaryl/α,β-unsaturated/α-hetero) is 1. The summed E-state index contributed by atoms with van der Waals surface area (Å²) in [5, 5.41) is 11.7. The third-order valence-corrected chi connectivity index (χ3v) is 6.11. The summed E-state index contributed by atoms with van der Waals surface area (Å²) in [4.78, 5) is 36.3. The van der Waals surface area contributed by atoms with Gasteiger partial charge in [0.2, 0.25) is 0 Å². The first kappa shape index (κ1) is 24.5. The van der Waals surface area contributed by atoms with Crippen LogP contribution < -0.4 is 11.1 Å². The quantitative estimate of drug-likeness (QED) is 0.415. The molecule has 0 spiro atoms. The third kappa shape index (κ3) is 6.20. The number of fused-ring (bicyclic) bond motifs is 3. The van der Waals surface area contributed by atoms with Crippen molar-refractivity contribution in [2.75, 3.05) is 6.61 Å². The third-order valence-electron chi connectivity index (χ3n) is 6.11. The standard InChI is InChI=1S/C26H32N2O5/c1-2-3-4-5-14-23(24(29)15-22(27)25(30)31)28-26(32)33-16-21-19-12-8-6-10-17(19)18-11-7-9-13-20(18)21/h6-13,21-23H,2-5,14-16,27H2,1H3,(H,28,32)(H,30,31). The summed E-state index contributed by atoms with van der Waals surface area (Å²) in [7, 11) is 0. The predicted octanol–water partition coefficient (Wildman–Crippen LogP) is 4.24. The van der Waals surface area contributed by atoms with E-state index in [2.05, 4.69) is 24.4 Å². The first-order valence-corrected chi connectivity index (χ1v) is 11.5. The molecule has 0 saturated heterocycles. The molecule has 7 heteroatoms. The van der Waals surface area contributed by atoms with E-state index in [4.69, 9.17) is 15.6 Å². The second kappa shape index (κ2) is 11.6. The van der Waals surface area contributed by atoms with Crippen LogP contribution in [0.4, 0.5) is 4.79 Å². The van der Waals surface area contributed by atoms with Gasteiger partial charge in [0, 0.05) is 12.3 Å². The van der Waals surface area contributed by atoms with E-state index < -0.39 is 29.9 Å². The van der Waals surface area contributed by atoms with Crippen molar-refractivity contribution in [2.45, 2.75) is 63.5 Å². The van der Waals surface area contributed by atoms with E-state index in [1.165, 1.54) is 0 Å². The Hall–Kier alpha value is -3.19. The number of rotatable bonds is 12. The zero-order chi connectivity index (χ0) is 23.8. The number of ether oxygens (including phenoxy) is 1. The Labute approximate surface area is 194 Å². The van der Waals surface area contributed by atoms with Crippen molar-refractivity contribution in [1.82, 2.24) is 5.32 Å². The van der Waals surface area contributed by atoms with Gasteiger partial charge in [-0.3, -0.25) is 9.59 Å². The normalized spacial score (nSPS) is 14.1. The molecule has 0 fully saturated rings. The van der Waals surface area contributed by atoms with Gasteiger partial charge in [-0.15, -0.1) is 0 Å². The van der Waals surface area contributed by atoms with E-state index in [9.17, 15) is 14.4 Å². The Morgan fingerprint density at radius 3 is 2.18 bits per heavy atom. The first-order valence-electron chi connectivity index (χ1n) is 11.5. The number of carboxylic acids is 1. The van der Waals surface area contributed by atoms with Gasteiger partial charge in [0.05, 0.1) is 6.04 Å². The molecule has 0 heterocycles. The van der Waals surface area contributed by atoms with Crippen LogP contribution in [0.2, 0.25) is 0 Å². The van der Waals surface area contributed by atoms with Crippen molar-refractivity contribution in [2.24, 2.45) is 5.73 Å². The molecule has 1 aliphatic rings. The summed E-state index contributed by atoms with van der Waals surface area (Å²) in [5.41, 5.74) is 10.0. The lowest BCUT2D eigenvalue weighted by Gasteiger charge is -2.20. The van der Waals surface area contributed by atoms with E-state index in [1.54, 1.807) is 0 Å². The highest BCUT2D eigenvalue weighted by atomic mass is 16.5. The van der Waals surface area contributed by atoms with Crippen LogP contribution in [0.3, 0.4) is 0 Å². The van der Waals surface area contributed by atoms with Crippen molar-refractivity contribution in [1.29, 1.82) is 0 Å². The number of nitrogens with two attached hydrogens (primary N) is 1. The molecule has 2 unspecified atom stereocenters. The first-order chi connectivity index (χ1) is 15.9. The van der Waals surface area contributed by atoms with Crippen LogP contribution in [0.1, 0.15) is 62.5 Å². The number of ketones is 1. The summed E-state index contributed by atoms with van der Waals surface area (Å²) in [6.07, 6.45) is 3.15. The van der Waals surface area contributed by atoms with Crippen LogP contribution in [0.5, 0.6) is 0 Å². The van der Waals surface area contributed by atoms with Crippen LogP contribution in [-0.4, -0.2) is 41.6 Å². The largest absolute Gasteiger partial charge is 0.480 e. The van der Waals surface area contributed by atoms with Gasteiger partial charge in [0.25, 0.3) is 0 Å². The van der Waals surface area contributed by atoms with Gasteiger partial charge in [-0.1, -0.05) is 81.1 Å². The topological polar surface area (TPSA) is 119 Å². The van der Waals surface area contributed by atoms with Gasteiger partial charge >= 0.3 is 12.1 Å². The van der Waals surface area contributed by atoms with Gasteiger partial charge in [-0.25, -0.2) is 4.79 Å². The molecular weight excluding hydrogens is 420 g/mol. The molecule has 2 atom stereocenters. The van der Waals surface area contributed by atoms with E-state index in [-0.39, 0.29) is 18.9 Å². The maximum atomic E-state index is 12.6. The van der Waals surface area contributed by atoms with Gasteiger partial charge in [0.15, 0.2) is 5.78 Å². The summed E-state index contributed by atoms with van der Waals surface area (Å²) in [6.45, 7) is 2.23. The smallest absolute Gasteiger partial charge is 0.407 e. The van der Waals surface area contributed by atoms with E-state index in [0.29, 0.717) is 6.42 Å². The van der Waals surface area contributed by atoms with Crippen LogP contribution in [0.25, 0.3) is 11.1 Å². The summed E-state index contributed by atoms with van der Waals surface area (Å²) < 4.78 is 5.55. The zero-order valence-electron chi connectivity index (χ0n) is 19.0. The zero-order valence-corrected chi connectivity index (χ0v) is 19.0. The Bertz CT molecular complexity index is 945. The van der Waals surface area contributed by atoms with Gasteiger partial charge in [0.1, 0.15) is 12.6 Å². The molecule has 1 amide bonds. The minimum atomic E-state index is -1.29. The molecule has 0 radical (unpaired) electrons. The number of unbranched alkanes of at least 4 members (excludes halogenated alkanes) is 3. The second-order valence-electron chi connectivity index (χ2n) is 8.49. The summed E-state index contributed by atoms with van der Waals surface area (Å²) in [6, 6.07) is 14.0. The molecule has 0 saturated carbocycles. The molecule has 0 bridgehead atoms. The monoisotopic (exact) mass is 452 g/mol. The van der Waals surface area contributed by atoms with Gasteiger partial charge in [-0.2, -0.15) is 0 Å². The number of carbonyl (C=O) groups excluding carboxylic acids is 2. The molecule has 4 N–H and O–H groups in total. The Kier molecular flexibility index (Phi) is 8.60. The molecule has 7 nitrogen and oxygen atoms in total. The average molecular weight is 453 g/mol. The Balaban J connectivity index is 1.63. The summed E-state index contributed by atoms with van der Waals surface area (Å²) >= 11 is 0. The maximum absolute atomic E-state index is 12.6. The lowest BCUT2D eigenvalue weighted by atomic mass is 9.98. The minimum Gasteiger partial charge on any atom is -0.480 e. The molecular formula is C26H32N2O5. The highest BCUT2D eigenvalue weighted by Crippen LogP contribution is 2.44. The number of hydrogen-bond acceptors (Lipinski definition) is 5. The SMILES string of the molecule is CCCCCCC(NC(=O)OCC1c2ccccc2-c2ccccc21)C(=O)CC(N)C(=O)O. The molecule has 2 aromatic carbocycles.